The van der Waals surface area contributed by atoms with Gasteiger partial charge in [-0.05, 0) is 61.0 Å². The molecule has 7 heteroatoms. The number of ether oxygens (including phenoxy) is 2. The Kier molecular flexibility index (Phi) is 6.26. The lowest BCUT2D eigenvalue weighted by Crippen LogP contribution is -2.37. The molecule has 4 aromatic rings. The Hall–Kier alpha value is -4.00. The zero-order valence-corrected chi connectivity index (χ0v) is 17.8. The van der Waals surface area contributed by atoms with Crippen LogP contribution >= 0.6 is 0 Å². The first-order valence-electron chi connectivity index (χ1n) is 10.2. The van der Waals surface area contributed by atoms with E-state index in [4.69, 9.17) is 18.3 Å². The highest BCUT2D eigenvalue weighted by atomic mass is 16.5. The quantitative estimate of drug-likeness (QED) is 0.419. The van der Waals surface area contributed by atoms with Crippen LogP contribution in [-0.4, -0.2) is 25.7 Å². The highest BCUT2D eigenvalue weighted by molar-refractivity contribution is 5.83. The second-order valence-corrected chi connectivity index (χ2v) is 7.42. The summed E-state index contributed by atoms with van der Waals surface area (Å²) in [6, 6.07) is 17.6. The van der Waals surface area contributed by atoms with Gasteiger partial charge in [0.15, 0.2) is 6.61 Å². The van der Waals surface area contributed by atoms with Crippen LogP contribution in [0.1, 0.15) is 12.7 Å². The molecular formula is C25H23NO6. The first-order valence-corrected chi connectivity index (χ1v) is 10.2. The number of fused-ring (bicyclic) bond motifs is 1. The third kappa shape index (κ3) is 5.00. The van der Waals surface area contributed by atoms with Gasteiger partial charge in [0, 0.05) is 17.8 Å². The van der Waals surface area contributed by atoms with Crippen molar-refractivity contribution < 1.29 is 23.1 Å². The van der Waals surface area contributed by atoms with Gasteiger partial charge < -0.3 is 23.6 Å². The van der Waals surface area contributed by atoms with Gasteiger partial charge >= 0.3 is 5.63 Å². The maximum Gasteiger partial charge on any atom is 0.344 e. The molecule has 0 spiro atoms. The molecule has 1 N–H and O–H groups in total. The van der Waals surface area contributed by atoms with Crippen LogP contribution in [-0.2, 0) is 11.2 Å². The van der Waals surface area contributed by atoms with Crippen molar-refractivity contribution in [2.45, 2.75) is 19.4 Å². The second kappa shape index (κ2) is 9.43. The molecule has 7 nitrogen and oxygen atoms in total. The van der Waals surface area contributed by atoms with Gasteiger partial charge in [0.2, 0.25) is 0 Å². The zero-order valence-electron chi connectivity index (χ0n) is 17.8. The van der Waals surface area contributed by atoms with Gasteiger partial charge in [-0.25, -0.2) is 4.79 Å². The molecule has 1 unspecified atom stereocenters. The van der Waals surface area contributed by atoms with Crippen molar-refractivity contribution >= 4 is 16.9 Å². The Balaban J connectivity index is 1.39. The Labute approximate surface area is 184 Å². The highest BCUT2D eigenvalue weighted by Gasteiger charge is 2.12. The molecule has 0 bridgehead atoms. The molecule has 1 amide bonds. The van der Waals surface area contributed by atoms with Crippen molar-refractivity contribution in [3.8, 4) is 22.6 Å². The molecule has 0 saturated carbocycles. The molecule has 1 atom stereocenters. The van der Waals surface area contributed by atoms with E-state index in [0.717, 1.165) is 11.1 Å². The molecule has 2 aromatic carbocycles. The van der Waals surface area contributed by atoms with Gasteiger partial charge in [0.05, 0.1) is 18.9 Å². The van der Waals surface area contributed by atoms with E-state index in [0.29, 0.717) is 34.6 Å². The van der Waals surface area contributed by atoms with Crippen LogP contribution in [0.15, 0.2) is 80.6 Å². The van der Waals surface area contributed by atoms with E-state index in [-0.39, 0.29) is 18.6 Å². The molecule has 0 fully saturated rings. The van der Waals surface area contributed by atoms with Crippen LogP contribution in [0.25, 0.3) is 22.1 Å². The zero-order chi connectivity index (χ0) is 22.5. The number of amides is 1. The van der Waals surface area contributed by atoms with Crippen LogP contribution < -0.4 is 20.4 Å². The average molecular weight is 433 g/mol. The molecule has 2 aromatic heterocycles. The summed E-state index contributed by atoms with van der Waals surface area (Å²) in [4.78, 5) is 24.6. The van der Waals surface area contributed by atoms with Crippen LogP contribution in [0.4, 0.5) is 0 Å². The fourth-order valence-electron chi connectivity index (χ4n) is 3.41. The summed E-state index contributed by atoms with van der Waals surface area (Å²) in [7, 11) is 1.58. The standard InChI is InChI=1S/C25H23NO6/c1-16(12-21-4-3-11-30-21)26-24(27)15-31-19-7-5-17(6-8-19)22-14-18-13-20(29-2)9-10-23(18)32-25(22)28/h3-11,13-14,16H,12,15H2,1-2H3,(H,26,27). The molecule has 0 aliphatic carbocycles. The van der Waals surface area contributed by atoms with E-state index in [9.17, 15) is 9.59 Å². The SMILES string of the molecule is COc1ccc2oc(=O)c(-c3ccc(OCC(=O)NC(C)Cc4ccco4)cc3)cc2c1. The molecule has 0 saturated heterocycles. The van der Waals surface area contributed by atoms with E-state index < -0.39 is 5.63 Å². The monoisotopic (exact) mass is 433 g/mol. The molecule has 0 aliphatic rings. The Morgan fingerprint density at radius 3 is 2.56 bits per heavy atom. The van der Waals surface area contributed by atoms with Crippen LogP contribution in [0, 0.1) is 0 Å². The van der Waals surface area contributed by atoms with E-state index in [1.165, 1.54) is 0 Å². The average Bonchev–Trinajstić information content (AvgIpc) is 3.30. The van der Waals surface area contributed by atoms with Gasteiger partial charge in [-0.1, -0.05) is 12.1 Å². The minimum atomic E-state index is -0.429. The van der Waals surface area contributed by atoms with E-state index in [1.54, 1.807) is 55.8 Å². The summed E-state index contributed by atoms with van der Waals surface area (Å²) >= 11 is 0. The summed E-state index contributed by atoms with van der Waals surface area (Å²) < 4.78 is 21.5. The third-order valence-electron chi connectivity index (χ3n) is 4.97. The lowest BCUT2D eigenvalue weighted by Gasteiger charge is -2.13. The molecule has 164 valence electrons. The van der Waals surface area contributed by atoms with Crippen LogP contribution in [0.5, 0.6) is 11.5 Å². The van der Waals surface area contributed by atoms with Crippen molar-refractivity contribution in [3.05, 3.63) is 83.1 Å². The van der Waals surface area contributed by atoms with Crippen molar-refractivity contribution in [2.75, 3.05) is 13.7 Å². The number of hydrogen-bond acceptors (Lipinski definition) is 6. The number of methoxy groups -OCH3 is 1. The summed E-state index contributed by atoms with van der Waals surface area (Å²) in [6.07, 6.45) is 2.21. The molecule has 0 radical (unpaired) electrons. The van der Waals surface area contributed by atoms with E-state index in [2.05, 4.69) is 5.32 Å². The number of rotatable bonds is 8. The van der Waals surface area contributed by atoms with Gasteiger partial charge in [0.25, 0.3) is 5.91 Å². The molecular weight excluding hydrogens is 410 g/mol. The van der Waals surface area contributed by atoms with Crippen LogP contribution in [0.2, 0.25) is 0 Å². The summed E-state index contributed by atoms with van der Waals surface area (Å²) in [5.74, 6) is 1.79. The second-order valence-electron chi connectivity index (χ2n) is 7.42. The number of carbonyl (C=O) groups excluding carboxylic acids is 1. The lowest BCUT2D eigenvalue weighted by atomic mass is 10.1. The number of nitrogens with one attached hydrogen (secondary N) is 1. The minimum absolute atomic E-state index is 0.0784. The summed E-state index contributed by atoms with van der Waals surface area (Å²) in [6.45, 7) is 1.79. The fourth-order valence-corrected chi connectivity index (χ4v) is 3.41. The van der Waals surface area contributed by atoms with Crippen molar-refractivity contribution in [1.29, 1.82) is 0 Å². The number of carbonyl (C=O) groups is 1. The number of hydrogen-bond donors (Lipinski definition) is 1. The number of benzene rings is 2. The van der Waals surface area contributed by atoms with Gasteiger partial charge in [-0.3, -0.25) is 4.79 Å². The predicted molar refractivity (Wildman–Crippen MR) is 120 cm³/mol. The molecule has 2 heterocycles. The molecule has 4 rings (SSSR count). The normalized spacial score (nSPS) is 11.8. The van der Waals surface area contributed by atoms with Gasteiger partial charge in [-0.2, -0.15) is 0 Å². The van der Waals surface area contributed by atoms with Crippen LogP contribution in [0.3, 0.4) is 0 Å². The third-order valence-corrected chi connectivity index (χ3v) is 4.97. The maximum atomic E-state index is 12.4. The lowest BCUT2D eigenvalue weighted by molar-refractivity contribution is -0.123. The highest BCUT2D eigenvalue weighted by Crippen LogP contribution is 2.25. The van der Waals surface area contributed by atoms with Crippen molar-refractivity contribution in [1.82, 2.24) is 5.32 Å². The first-order chi connectivity index (χ1) is 15.5. The first kappa shape index (κ1) is 21.2. The minimum Gasteiger partial charge on any atom is -0.497 e. The van der Waals surface area contributed by atoms with Gasteiger partial charge in [0.1, 0.15) is 22.8 Å². The number of furan rings is 1. The predicted octanol–water partition coefficient (Wildman–Crippen LogP) is 4.19. The maximum absolute atomic E-state index is 12.4. The summed E-state index contributed by atoms with van der Waals surface area (Å²) in [5, 5.41) is 3.64. The van der Waals surface area contributed by atoms with E-state index >= 15 is 0 Å². The topological polar surface area (TPSA) is 90.9 Å². The Bertz CT molecular complexity index is 1260. The largest absolute Gasteiger partial charge is 0.497 e. The van der Waals surface area contributed by atoms with Crippen molar-refractivity contribution in [3.63, 3.8) is 0 Å². The van der Waals surface area contributed by atoms with Crippen molar-refractivity contribution in [2.24, 2.45) is 0 Å². The van der Waals surface area contributed by atoms with Gasteiger partial charge in [-0.15, -0.1) is 0 Å². The smallest absolute Gasteiger partial charge is 0.344 e. The van der Waals surface area contributed by atoms with E-state index in [1.807, 2.05) is 25.1 Å². The fraction of sp³-hybridized carbons (Fsp3) is 0.200. The Morgan fingerprint density at radius 1 is 1.06 bits per heavy atom. The molecule has 32 heavy (non-hydrogen) atoms. The molecule has 0 aliphatic heterocycles. The summed E-state index contributed by atoms with van der Waals surface area (Å²) in [5.41, 5.74) is 1.18. The Morgan fingerprint density at radius 2 is 1.84 bits per heavy atom.